The standard InChI is InChI=1S/C20H18FN3O4S/c1-9-5-14-16-17(15(9)12-4-3-10(21)6-13(12)18(22)25)29-8-11(28-2)7-24(16)20(27)23-19(14)26/h3-6,11H,7-8H2,1-2H3,(H2,22,25)(H,23,26,27)/t11-/m0/s1. The van der Waals surface area contributed by atoms with Crippen LogP contribution in [0.1, 0.15) is 15.9 Å². The lowest BCUT2D eigenvalue weighted by Crippen LogP contribution is -2.34. The number of hydrogen-bond donors (Lipinski definition) is 2. The first-order valence-corrected chi connectivity index (χ1v) is 9.86. The number of ether oxygens (including phenoxy) is 1. The molecule has 0 saturated carbocycles. The lowest BCUT2D eigenvalue weighted by atomic mass is 9.94. The van der Waals surface area contributed by atoms with Gasteiger partial charge in [0.1, 0.15) is 5.82 Å². The fourth-order valence-corrected chi connectivity index (χ4v) is 5.08. The Labute approximate surface area is 168 Å². The Morgan fingerprint density at radius 1 is 1.34 bits per heavy atom. The summed E-state index contributed by atoms with van der Waals surface area (Å²) < 4.78 is 20.7. The molecule has 1 aliphatic rings. The number of nitrogens with one attached hydrogen (secondary N) is 1. The molecule has 0 spiro atoms. The van der Waals surface area contributed by atoms with E-state index in [2.05, 4.69) is 4.98 Å². The summed E-state index contributed by atoms with van der Waals surface area (Å²) in [6.45, 7) is 2.07. The molecule has 2 aromatic carbocycles. The van der Waals surface area contributed by atoms with Crippen LogP contribution in [0.3, 0.4) is 0 Å². The van der Waals surface area contributed by atoms with E-state index in [9.17, 15) is 18.8 Å². The first-order valence-electron chi connectivity index (χ1n) is 8.87. The van der Waals surface area contributed by atoms with Crippen molar-refractivity contribution in [1.82, 2.24) is 9.55 Å². The second kappa shape index (κ2) is 7.16. The Morgan fingerprint density at radius 2 is 2.10 bits per heavy atom. The maximum atomic E-state index is 13.8. The second-order valence-corrected chi connectivity index (χ2v) is 7.92. The fourth-order valence-electron chi connectivity index (χ4n) is 3.71. The molecule has 1 amide bonds. The summed E-state index contributed by atoms with van der Waals surface area (Å²) in [5, 5.41) is 0.368. The van der Waals surface area contributed by atoms with E-state index in [0.717, 1.165) is 6.07 Å². The molecule has 2 heterocycles. The average Bonchev–Trinajstić information content (AvgIpc) is 2.87. The molecule has 29 heavy (non-hydrogen) atoms. The van der Waals surface area contributed by atoms with Crippen LogP contribution in [0.4, 0.5) is 4.39 Å². The van der Waals surface area contributed by atoms with E-state index in [1.807, 2.05) is 0 Å². The molecule has 0 fully saturated rings. The fraction of sp³-hybridized carbons (Fsp3) is 0.250. The molecule has 7 nitrogen and oxygen atoms in total. The SMILES string of the molecule is CO[C@@H]1CSc2c(-c3ccc(F)cc3C(N)=O)c(C)cc3c(=O)[nH]c(=O)n(c23)C1. The number of methoxy groups -OCH3 is 1. The van der Waals surface area contributed by atoms with Crippen LogP contribution in [0.5, 0.6) is 0 Å². The number of nitrogens with zero attached hydrogens (tertiary/aromatic N) is 1. The van der Waals surface area contributed by atoms with Crippen LogP contribution in [-0.4, -0.2) is 34.4 Å². The van der Waals surface area contributed by atoms with Gasteiger partial charge < -0.3 is 10.5 Å². The number of carbonyl (C=O) groups excluding carboxylic acids is 1. The molecular formula is C20H18FN3O4S. The van der Waals surface area contributed by atoms with Gasteiger partial charge >= 0.3 is 5.69 Å². The van der Waals surface area contributed by atoms with E-state index in [-0.39, 0.29) is 18.2 Å². The number of carbonyl (C=O) groups is 1. The van der Waals surface area contributed by atoms with Crippen molar-refractivity contribution in [3.8, 4) is 11.1 Å². The van der Waals surface area contributed by atoms with Gasteiger partial charge in [0.15, 0.2) is 0 Å². The number of hydrogen-bond acceptors (Lipinski definition) is 5. The number of aryl methyl sites for hydroxylation is 1. The summed E-state index contributed by atoms with van der Waals surface area (Å²) in [6, 6.07) is 5.51. The van der Waals surface area contributed by atoms with Crippen molar-refractivity contribution in [1.29, 1.82) is 0 Å². The Hall–Kier alpha value is -2.91. The first-order chi connectivity index (χ1) is 13.8. The Bertz CT molecular complexity index is 1280. The van der Waals surface area contributed by atoms with E-state index < -0.39 is 23.0 Å². The highest BCUT2D eigenvalue weighted by Crippen LogP contribution is 2.42. The molecule has 9 heteroatoms. The largest absolute Gasteiger partial charge is 0.379 e. The van der Waals surface area contributed by atoms with Gasteiger partial charge in [-0.3, -0.25) is 19.1 Å². The number of aromatic nitrogens is 2. The summed E-state index contributed by atoms with van der Waals surface area (Å²) in [6.07, 6.45) is -0.254. The molecule has 0 radical (unpaired) electrons. The van der Waals surface area contributed by atoms with Gasteiger partial charge in [-0.05, 0) is 36.2 Å². The number of primary amides is 1. The van der Waals surface area contributed by atoms with Crippen molar-refractivity contribution >= 4 is 28.6 Å². The molecule has 0 unspecified atom stereocenters. The van der Waals surface area contributed by atoms with Crippen molar-refractivity contribution < 1.29 is 13.9 Å². The lowest BCUT2D eigenvalue weighted by molar-refractivity contribution is 0.100. The summed E-state index contributed by atoms with van der Waals surface area (Å²) in [4.78, 5) is 40.1. The minimum absolute atomic E-state index is 0.0376. The molecule has 150 valence electrons. The highest BCUT2D eigenvalue weighted by molar-refractivity contribution is 7.99. The zero-order valence-corrected chi connectivity index (χ0v) is 16.6. The number of H-pyrrole nitrogens is 1. The molecule has 0 saturated heterocycles. The minimum atomic E-state index is -0.761. The molecule has 0 bridgehead atoms. The van der Waals surface area contributed by atoms with Gasteiger partial charge in [0.05, 0.1) is 23.6 Å². The van der Waals surface area contributed by atoms with Gasteiger partial charge in [0.25, 0.3) is 5.56 Å². The molecule has 1 aromatic heterocycles. The zero-order valence-electron chi connectivity index (χ0n) is 15.7. The quantitative estimate of drug-likeness (QED) is 0.681. The van der Waals surface area contributed by atoms with Crippen molar-refractivity contribution in [2.45, 2.75) is 24.5 Å². The molecule has 0 aliphatic carbocycles. The Balaban J connectivity index is 2.16. The molecule has 3 N–H and O–H groups in total. The normalized spacial score (nSPS) is 16.0. The van der Waals surface area contributed by atoms with Crippen molar-refractivity contribution in [3.05, 3.63) is 62.0 Å². The third-order valence-electron chi connectivity index (χ3n) is 5.08. The summed E-state index contributed by atoms with van der Waals surface area (Å²) >= 11 is 1.43. The van der Waals surface area contributed by atoms with Crippen LogP contribution >= 0.6 is 11.8 Å². The van der Waals surface area contributed by atoms with Crippen molar-refractivity contribution in [2.24, 2.45) is 5.73 Å². The maximum Gasteiger partial charge on any atom is 0.328 e. The predicted molar refractivity (Wildman–Crippen MR) is 109 cm³/mol. The number of nitrogens with two attached hydrogens (primary N) is 1. The van der Waals surface area contributed by atoms with E-state index in [1.165, 1.54) is 28.5 Å². The van der Waals surface area contributed by atoms with Gasteiger partial charge in [-0.2, -0.15) is 0 Å². The Morgan fingerprint density at radius 3 is 2.79 bits per heavy atom. The third kappa shape index (κ3) is 3.16. The number of amides is 1. The van der Waals surface area contributed by atoms with Gasteiger partial charge in [0, 0.05) is 28.9 Å². The zero-order chi connectivity index (χ0) is 20.9. The van der Waals surface area contributed by atoms with E-state index in [4.69, 9.17) is 10.5 Å². The topological polar surface area (TPSA) is 107 Å². The van der Waals surface area contributed by atoms with Crippen LogP contribution in [0, 0.1) is 12.7 Å². The number of benzene rings is 2. The predicted octanol–water partition coefficient (Wildman–Crippen LogP) is 2.02. The number of aromatic amines is 1. The summed E-state index contributed by atoms with van der Waals surface area (Å²) in [5.74, 6) is -0.806. The van der Waals surface area contributed by atoms with Crippen LogP contribution in [0.2, 0.25) is 0 Å². The minimum Gasteiger partial charge on any atom is -0.379 e. The smallest absolute Gasteiger partial charge is 0.328 e. The van der Waals surface area contributed by atoms with Crippen LogP contribution < -0.4 is 17.0 Å². The third-order valence-corrected chi connectivity index (χ3v) is 6.31. The van der Waals surface area contributed by atoms with Gasteiger partial charge in [-0.15, -0.1) is 11.8 Å². The number of thioether (sulfide) groups is 1. The average molecular weight is 415 g/mol. The number of halogens is 1. The summed E-state index contributed by atoms with van der Waals surface area (Å²) in [5.41, 5.74) is 6.81. The number of rotatable bonds is 3. The highest BCUT2D eigenvalue weighted by Gasteiger charge is 2.26. The molecule has 4 rings (SSSR count). The van der Waals surface area contributed by atoms with E-state index in [0.29, 0.717) is 38.2 Å². The van der Waals surface area contributed by atoms with Crippen LogP contribution in [-0.2, 0) is 11.3 Å². The monoisotopic (exact) mass is 415 g/mol. The van der Waals surface area contributed by atoms with E-state index in [1.54, 1.807) is 20.1 Å². The van der Waals surface area contributed by atoms with Gasteiger partial charge in [-0.1, -0.05) is 6.07 Å². The maximum absolute atomic E-state index is 13.8. The van der Waals surface area contributed by atoms with Crippen molar-refractivity contribution in [2.75, 3.05) is 12.9 Å². The van der Waals surface area contributed by atoms with E-state index >= 15 is 0 Å². The molecule has 1 atom stereocenters. The molecule has 1 aliphatic heterocycles. The van der Waals surface area contributed by atoms with Crippen LogP contribution in [0.25, 0.3) is 22.0 Å². The van der Waals surface area contributed by atoms with Crippen molar-refractivity contribution in [3.63, 3.8) is 0 Å². The van der Waals surface area contributed by atoms with Gasteiger partial charge in [0.2, 0.25) is 5.91 Å². The highest BCUT2D eigenvalue weighted by atomic mass is 32.2. The Kier molecular flexibility index (Phi) is 4.79. The van der Waals surface area contributed by atoms with Crippen LogP contribution in [0.15, 0.2) is 38.8 Å². The first kappa shape index (κ1) is 19.4. The lowest BCUT2D eigenvalue weighted by Gasteiger charge is -2.18. The molecular weight excluding hydrogens is 397 g/mol. The summed E-state index contributed by atoms with van der Waals surface area (Å²) in [7, 11) is 1.56. The second-order valence-electron chi connectivity index (χ2n) is 6.89. The van der Waals surface area contributed by atoms with Gasteiger partial charge in [-0.25, -0.2) is 9.18 Å². The molecule has 3 aromatic rings.